The van der Waals surface area contributed by atoms with Gasteiger partial charge in [0.25, 0.3) is 0 Å². The Kier molecular flexibility index (Phi) is 8.33. The second kappa shape index (κ2) is 13.7. The molecule has 0 amide bonds. The summed E-state index contributed by atoms with van der Waals surface area (Å²) in [6.45, 7) is 7.57. The topological polar surface area (TPSA) is 105 Å². The predicted octanol–water partition coefficient (Wildman–Crippen LogP) is 9.44. The van der Waals surface area contributed by atoms with Crippen LogP contribution >= 0.6 is 0 Å². The zero-order chi connectivity index (χ0) is 44.2. The molecule has 4 saturated heterocycles. The molecule has 6 heterocycles. The molecule has 66 heavy (non-hydrogen) atoms. The van der Waals surface area contributed by atoms with Crippen LogP contribution in [0.2, 0.25) is 0 Å². The van der Waals surface area contributed by atoms with Gasteiger partial charge in [-0.05, 0) is 142 Å². The number of ether oxygens (including phenoxy) is 2. The molecule has 2 bridgehead atoms. The number of carbonyl (C=O) groups excluding carboxylic acids is 2. The second-order valence-electron chi connectivity index (χ2n) is 24.7. The molecule has 0 radical (unpaired) electrons. The molecule has 16 atom stereocenters. The number of fused-ring (bicyclic) bond motifs is 11. The highest BCUT2D eigenvalue weighted by atomic mass is 16.6. The molecule has 2 saturated carbocycles. The lowest BCUT2D eigenvalue weighted by Crippen LogP contribution is -2.78. The summed E-state index contributed by atoms with van der Waals surface area (Å²) >= 11 is 0. The van der Waals surface area contributed by atoms with Gasteiger partial charge in [0.1, 0.15) is 11.2 Å². The molecule has 1 aromatic carbocycles. The monoisotopic (exact) mass is 888 g/mol. The van der Waals surface area contributed by atoms with Gasteiger partial charge in [-0.25, -0.2) is 4.79 Å². The number of nitrogens with two attached hydrogens (primary N) is 1. The minimum absolute atomic E-state index is 0.0823. The summed E-state index contributed by atoms with van der Waals surface area (Å²) in [5.74, 6) is 10.6. The number of aliphatic hydroxyl groups is 1. The first-order valence-electron chi connectivity index (χ1n) is 27.1. The number of benzene rings is 1. The van der Waals surface area contributed by atoms with Crippen LogP contribution in [0.1, 0.15) is 144 Å². The molecule has 6 fully saturated rings. The van der Waals surface area contributed by atoms with Crippen molar-refractivity contribution in [2.75, 3.05) is 19.6 Å². The van der Waals surface area contributed by atoms with E-state index in [2.05, 4.69) is 59.8 Å². The minimum Gasteiger partial charge on any atom is -0.508 e. The molecule has 16 unspecified atom stereocenters. The van der Waals surface area contributed by atoms with Gasteiger partial charge in [-0.1, -0.05) is 93.2 Å². The number of hydrogen-bond donors (Lipinski definition) is 2. The second-order valence-corrected chi connectivity index (χ2v) is 24.7. The van der Waals surface area contributed by atoms with E-state index in [1.54, 1.807) is 11.3 Å². The Morgan fingerprint density at radius 3 is 2.70 bits per heavy atom. The fourth-order valence-electron chi connectivity index (χ4n) is 20.2. The lowest BCUT2D eigenvalue weighted by Gasteiger charge is -2.73. The summed E-state index contributed by atoms with van der Waals surface area (Å²) in [6.07, 6.45) is 23.3. The molecule has 13 aliphatic rings. The largest absolute Gasteiger partial charge is 0.508 e. The average Bonchev–Trinajstić information content (AvgIpc) is 3.78. The smallest absolute Gasteiger partial charge is 0.339 e. The maximum absolute atomic E-state index is 16.4. The fraction of sp³-hybridized carbons (Fsp3) is 0.690. The number of hydrogen-bond acceptors (Lipinski definition) is 8. The van der Waals surface area contributed by atoms with E-state index in [-0.39, 0.29) is 59.2 Å². The summed E-state index contributed by atoms with van der Waals surface area (Å²) < 4.78 is 14.6. The van der Waals surface area contributed by atoms with Crippen LogP contribution < -0.4 is 5.73 Å². The molecule has 3 spiro atoms. The number of carbonyl (C=O) groups is 2. The molecule has 346 valence electrons. The van der Waals surface area contributed by atoms with Crippen LogP contribution in [0, 0.1) is 87.8 Å². The SMILES string of the molecule is CC1C=CC2CC3C(C)CC4=C5C3C3=C2C26C(=O)OC7=C(O)C8C(C#CCc9ccc(CCCN)c%10c9C(OC%10=O)(C2C1)C76CC3)CC1C2CC(CN1C8CC1CCCCC1)C(CC4)N5C2. The molecule has 7 aliphatic carbocycles. The van der Waals surface area contributed by atoms with Crippen LogP contribution in [0.4, 0.5) is 0 Å². The molecular formula is C58H69N3O5. The quantitative estimate of drug-likeness (QED) is 0.171. The van der Waals surface area contributed by atoms with Crippen molar-refractivity contribution in [2.24, 2.45) is 81.7 Å². The van der Waals surface area contributed by atoms with Gasteiger partial charge >= 0.3 is 11.9 Å². The molecular weight excluding hydrogens is 819 g/mol. The highest BCUT2D eigenvalue weighted by molar-refractivity contribution is 6.01. The van der Waals surface area contributed by atoms with Crippen molar-refractivity contribution in [1.29, 1.82) is 0 Å². The van der Waals surface area contributed by atoms with Crippen molar-refractivity contribution < 1.29 is 24.2 Å². The van der Waals surface area contributed by atoms with E-state index in [1.165, 1.54) is 68.9 Å². The third-order valence-corrected chi connectivity index (χ3v) is 22.2. The van der Waals surface area contributed by atoms with E-state index >= 15 is 9.59 Å². The first kappa shape index (κ1) is 40.1. The van der Waals surface area contributed by atoms with Crippen LogP contribution in [0.5, 0.6) is 0 Å². The number of rotatable bonds is 5. The Morgan fingerprint density at radius 2 is 1.83 bits per heavy atom. The number of aliphatic hydroxyl groups excluding tert-OH is 1. The van der Waals surface area contributed by atoms with Gasteiger partial charge in [0.05, 0.1) is 11.0 Å². The van der Waals surface area contributed by atoms with Crippen molar-refractivity contribution >= 4 is 11.9 Å². The van der Waals surface area contributed by atoms with E-state index in [9.17, 15) is 5.11 Å². The minimum atomic E-state index is -1.19. The molecule has 0 aromatic heterocycles. The molecule has 3 N–H and O–H groups in total. The van der Waals surface area contributed by atoms with Crippen LogP contribution in [0.15, 0.2) is 58.2 Å². The van der Waals surface area contributed by atoms with E-state index in [4.69, 9.17) is 15.2 Å². The third kappa shape index (κ3) is 4.60. The van der Waals surface area contributed by atoms with E-state index in [0.717, 1.165) is 61.9 Å². The van der Waals surface area contributed by atoms with Gasteiger partial charge in [0, 0.05) is 72.6 Å². The number of esters is 2. The van der Waals surface area contributed by atoms with Crippen LogP contribution in [-0.4, -0.2) is 64.6 Å². The van der Waals surface area contributed by atoms with Gasteiger partial charge in [0.15, 0.2) is 11.4 Å². The van der Waals surface area contributed by atoms with E-state index in [1.807, 2.05) is 0 Å². The van der Waals surface area contributed by atoms with Gasteiger partial charge in [0.2, 0.25) is 0 Å². The maximum atomic E-state index is 16.4. The van der Waals surface area contributed by atoms with Crippen molar-refractivity contribution in [1.82, 2.24) is 9.80 Å². The van der Waals surface area contributed by atoms with Gasteiger partial charge in [-0.2, -0.15) is 0 Å². The summed E-state index contributed by atoms with van der Waals surface area (Å²) in [6, 6.07) is 5.41. The lowest BCUT2D eigenvalue weighted by atomic mass is 9.27. The highest BCUT2D eigenvalue weighted by Crippen LogP contribution is 2.88. The van der Waals surface area contributed by atoms with Gasteiger partial charge in [-0.15, -0.1) is 0 Å². The zero-order valence-electron chi connectivity index (χ0n) is 39.3. The normalized spacial score (nSPS) is 46.2. The van der Waals surface area contributed by atoms with E-state index in [0.29, 0.717) is 85.2 Å². The summed E-state index contributed by atoms with van der Waals surface area (Å²) in [5.41, 5.74) is 12.7. The first-order chi connectivity index (χ1) is 32.2. The third-order valence-electron chi connectivity index (χ3n) is 22.2. The van der Waals surface area contributed by atoms with Crippen molar-refractivity contribution in [3.63, 3.8) is 0 Å². The molecule has 8 nitrogen and oxygen atoms in total. The van der Waals surface area contributed by atoms with E-state index < -0.39 is 16.4 Å². The predicted molar refractivity (Wildman–Crippen MR) is 250 cm³/mol. The van der Waals surface area contributed by atoms with Crippen LogP contribution in [-0.2, 0) is 32.7 Å². The number of nitrogens with zero attached hydrogens (tertiary/aromatic N) is 2. The van der Waals surface area contributed by atoms with Crippen LogP contribution in [0.3, 0.4) is 0 Å². The number of piperidine rings is 3. The van der Waals surface area contributed by atoms with Crippen molar-refractivity contribution in [3.8, 4) is 11.8 Å². The Labute approximate surface area is 391 Å². The molecule has 1 aromatic rings. The Bertz CT molecular complexity index is 2590. The fourth-order valence-corrected chi connectivity index (χ4v) is 20.2. The van der Waals surface area contributed by atoms with Crippen molar-refractivity contribution in [2.45, 2.75) is 153 Å². The molecule has 6 aliphatic heterocycles. The molecule has 14 rings (SSSR count). The standard InChI is InChI=1S/C58H69N3O5/c1-30-13-14-36-26-41-31(2)23-37-17-18-42-38-25-39-29-61(42)51(37)48(41)40-19-20-56-53-52(62)46-35(27-43(39)60(28-38)44(46)24-32-8-4-3-5-9-32)11-6-10-34-16-15-33(12-7-21-59)47-50(34)58(56,66-54(47)63)45(22-30)57(56,49(36)40)55(64)65-53/h13-16,30-32,35-36,38-39,41-46,48,62H,3-5,7-10,12,17-29,59H2,1-2H3. The number of aryl methyl sites for hydroxylation is 1. The summed E-state index contributed by atoms with van der Waals surface area (Å²) in [4.78, 5) is 37.6. The summed E-state index contributed by atoms with van der Waals surface area (Å²) in [7, 11) is 0. The summed E-state index contributed by atoms with van der Waals surface area (Å²) in [5, 5.41) is 14.1. The lowest BCUT2D eigenvalue weighted by molar-refractivity contribution is -0.281. The highest BCUT2D eigenvalue weighted by Gasteiger charge is 2.94. The first-order valence-corrected chi connectivity index (χ1v) is 27.1. The molecule has 8 heteroatoms. The average molecular weight is 888 g/mol. The van der Waals surface area contributed by atoms with Gasteiger partial charge in [-0.3, -0.25) is 9.69 Å². The Hall–Kier alpha value is -3.80. The zero-order valence-corrected chi connectivity index (χ0v) is 39.3. The van der Waals surface area contributed by atoms with Crippen molar-refractivity contribution in [3.05, 3.63) is 80.5 Å². The van der Waals surface area contributed by atoms with Gasteiger partial charge < -0.3 is 25.2 Å². The van der Waals surface area contributed by atoms with Crippen LogP contribution in [0.25, 0.3) is 0 Å². The maximum Gasteiger partial charge on any atom is 0.339 e. The Morgan fingerprint density at radius 1 is 0.970 bits per heavy atom. The Balaban J connectivity index is 1.08. The number of allylic oxidation sites excluding steroid dienone is 4.